The van der Waals surface area contributed by atoms with E-state index in [2.05, 4.69) is 15.3 Å². The number of nitrogens with zero attached hydrogens (tertiary/aromatic N) is 4. The fourth-order valence-electron chi connectivity index (χ4n) is 3.72. The van der Waals surface area contributed by atoms with Gasteiger partial charge in [0.1, 0.15) is 17.6 Å². The summed E-state index contributed by atoms with van der Waals surface area (Å²) in [5, 5.41) is 4.65. The Bertz CT molecular complexity index is 1030. The minimum absolute atomic E-state index is 0.169. The van der Waals surface area contributed by atoms with Gasteiger partial charge in [0.25, 0.3) is 5.91 Å². The number of rotatable bonds is 3. The van der Waals surface area contributed by atoms with E-state index in [-0.39, 0.29) is 17.6 Å². The number of anilines is 3. The quantitative estimate of drug-likeness (QED) is 0.775. The molecule has 0 aliphatic carbocycles. The van der Waals surface area contributed by atoms with Crippen LogP contribution in [-0.4, -0.2) is 53.3 Å². The molecular weight excluding hydrogens is 413 g/mol. The highest BCUT2D eigenvalue weighted by Gasteiger charge is 2.41. The lowest BCUT2D eigenvalue weighted by Crippen LogP contribution is -2.49. The summed E-state index contributed by atoms with van der Waals surface area (Å²) in [5.41, 5.74) is 1.39. The van der Waals surface area contributed by atoms with Gasteiger partial charge in [-0.3, -0.25) is 15.0 Å². The molecule has 2 aromatic rings. The molecule has 2 atom stereocenters. The number of carbonyl (C=O) groups excluding carboxylic acids is 2. The summed E-state index contributed by atoms with van der Waals surface area (Å²) in [6.45, 7) is 4.05. The van der Waals surface area contributed by atoms with Gasteiger partial charge in [0, 0.05) is 19.3 Å². The van der Waals surface area contributed by atoms with Crippen molar-refractivity contribution in [3.05, 3.63) is 41.7 Å². The summed E-state index contributed by atoms with van der Waals surface area (Å²) >= 11 is 0. The molecule has 0 radical (unpaired) electrons. The van der Waals surface area contributed by atoms with E-state index in [0.29, 0.717) is 31.0 Å². The number of aryl methyl sites for hydroxylation is 1. The molecule has 11 heteroatoms. The van der Waals surface area contributed by atoms with Crippen molar-refractivity contribution in [2.45, 2.75) is 38.5 Å². The van der Waals surface area contributed by atoms with Crippen LogP contribution in [0.1, 0.15) is 29.4 Å². The number of carbonyl (C=O) groups is 2. The number of alkyl halides is 3. The Balaban J connectivity index is 1.63. The van der Waals surface area contributed by atoms with Crippen molar-refractivity contribution in [3.63, 3.8) is 0 Å². The van der Waals surface area contributed by atoms with Crippen molar-refractivity contribution in [1.29, 1.82) is 0 Å². The molecule has 0 aromatic carbocycles. The highest BCUT2D eigenvalue weighted by Crippen LogP contribution is 2.39. The molecule has 3 amide bonds. The molecule has 2 aromatic heterocycles. The second-order valence-electron chi connectivity index (χ2n) is 7.68. The highest BCUT2D eigenvalue weighted by atomic mass is 19.4. The lowest BCUT2D eigenvalue weighted by Gasteiger charge is -2.35. The first-order valence-electron chi connectivity index (χ1n) is 9.80. The fourth-order valence-corrected chi connectivity index (χ4v) is 3.72. The Morgan fingerprint density at radius 3 is 2.74 bits per heavy atom. The molecule has 0 spiro atoms. The van der Waals surface area contributed by atoms with E-state index in [1.54, 1.807) is 24.4 Å². The number of hydrogen-bond acceptors (Lipinski definition) is 5. The van der Waals surface area contributed by atoms with Crippen molar-refractivity contribution in [1.82, 2.24) is 15.3 Å². The van der Waals surface area contributed by atoms with Crippen LogP contribution in [0.2, 0.25) is 0 Å². The van der Waals surface area contributed by atoms with Crippen LogP contribution in [0.25, 0.3) is 0 Å². The van der Waals surface area contributed by atoms with Crippen LogP contribution in [0.15, 0.2) is 30.5 Å². The monoisotopic (exact) mass is 434 g/mol. The standard InChI is InChI=1S/C20H21F3N6O2/c1-11-5-7-24-16(9-11)27-19(31)29-13-6-8-28(10-13)15-4-3-14(26-17(15)29)18(30)25-12(2)20(21,22)23/h3-5,7,9,12-13H,6,8,10H2,1-2H3,(H,25,30)(H,24,27,31)/t12-,13+/m1/s1. The van der Waals surface area contributed by atoms with E-state index in [9.17, 15) is 22.8 Å². The van der Waals surface area contributed by atoms with Crippen molar-refractivity contribution in [2.75, 3.05) is 28.2 Å². The highest BCUT2D eigenvalue weighted by molar-refractivity contribution is 6.05. The molecular formula is C20H21F3N6O2. The molecule has 2 aliphatic rings. The summed E-state index contributed by atoms with van der Waals surface area (Å²) in [4.78, 5) is 37.4. The van der Waals surface area contributed by atoms with Crippen molar-refractivity contribution in [2.24, 2.45) is 0 Å². The van der Waals surface area contributed by atoms with Gasteiger partial charge in [-0.25, -0.2) is 14.8 Å². The van der Waals surface area contributed by atoms with E-state index < -0.39 is 24.2 Å². The maximum Gasteiger partial charge on any atom is 0.408 e. The normalized spacial score (nSPS) is 18.4. The maximum atomic E-state index is 13.1. The third-order valence-electron chi connectivity index (χ3n) is 5.39. The second-order valence-corrected chi connectivity index (χ2v) is 7.68. The summed E-state index contributed by atoms with van der Waals surface area (Å²) in [6.07, 6.45) is -2.28. The maximum absolute atomic E-state index is 13.1. The summed E-state index contributed by atoms with van der Waals surface area (Å²) in [7, 11) is 0. The Morgan fingerprint density at radius 2 is 2.03 bits per heavy atom. The van der Waals surface area contributed by atoms with Gasteiger partial charge < -0.3 is 10.2 Å². The predicted molar refractivity (Wildman–Crippen MR) is 108 cm³/mol. The first kappa shape index (κ1) is 20.9. The van der Waals surface area contributed by atoms with Crippen LogP contribution in [-0.2, 0) is 0 Å². The van der Waals surface area contributed by atoms with Gasteiger partial charge in [-0.05, 0) is 50.1 Å². The number of hydrogen-bond donors (Lipinski definition) is 2. The molecule has 4 heterocycles. The number of pyridine rings is 2. The molecule has 164 valence electrons. The average Bonchev–Trinajstić information content (AvgIpc) is 3.11. The second kappa shape index (κ2) is 7.71. The minimum atomic E-state index is -4.57. The van der Waals surface area contributed by atoms with Gasteiger partial charge >= 0.3 is 12.2 Å². The van der Waals surface area contributed by atoms with E-state index in [0.717, 1.165) is 12.5 Å². The molecule has 2 N–H and O–H groups in total. The van der Waals surface area contributed by atoms with Crippen LogP contribution in [0, 0.1) is 6.92 Å². The van der Waals surface area contributed by atoms with Crippen LogP contribution < -0.4 is 20.4 Å². The number of fused-ring (bicyclic) bond motifs is 4. The van der Waals surface area contributed by atoms with Crippen LogP contribution in [0.3, 0.4) is 0 Å². The van der Waals surface area contributed by atoms with Gasteiger partial charge in [0.05, 0.1) is 11.7 Å². The number of halogens is 3. The van der Waals surface area contributed by atoms with Crippen molar-refractivity contribution < 1.29 is 22.8 Å². The van der Waals surface area contributed by atoms with Crippen molar-refractivity contribution >= 4 is 29.3 Å². The molecule has 2 bridgehead atoms. The number of aromatic nitrogens is 2. The van der Waals surface area contributed by atoms with Crippen molar-refractivity contribution in [3.8, 4) is 0 Å². The van der Waals surface area contributed by atoms with E-state index in [1.807, 2.05) is 17.1 Å². The lowest BCUT2D eigenvalue weighted by atomic mass is 10.1. The third-order valence-corrected chi connectivity index (χ3v) is 5.39. The number of urea groups is 1. The molecule has 0 saturated carbocycles. The SMILES string of the molecule is Cc1ccnc(NC(=O)N2c3nc(C(=O)N[C@H](C)C(F)(F)F)ccc3N3CC[C@H]2C3)c1. The Kier molecular flexibility index (Phi) is 5.19. The first-order valence-corrected chi connectivity index (χ1v) is 9.80. The summed E-state index contributed by atoms with van der Waals surface area (Å²) in [5.74, 6) is -0.340. The van der Waals surface area contributed by atoms with Gasteiger partial charge in [-0.1, -0.05) is 0 Å². The zero-order valence-corrected chi connectivity index (χ0v) is 16.9. The number of amides is 3. The molecule has 4 rings (SSSR count). The smallest absolute Gasteiger partial charge is 0.366 e. The van der Waals surface area contributed by atoms with Gasteiger partial charge in [-0.15, -0.1) is 0 Å². The Hall–Kier alpha value is -3.37. The fraction of sp³-hybridized carbons (Fsp3) is 0.400. The average molecular weight is 434 g/mol. The molecule has 0 unspecified atom stereocenters. The first-order chi connectivity index (χ1) is 14.6. The zero-order valence-electron chi connectivity index (χ0n) is 16.9. The van der Waals surface area contributed by atoms with Gasteiger partial charge in [-0.2, -0.15) is 13.2 Å². The topological polar surface area (TPSA) is 90.5 Å². The lowest BCUT2D eigenvalue weighted by molar-refractivity contribution is -0.149. The molecule has 1 fully saturated rings. The molecule has 1 saturated heterocycles. The van der Waals surface area contributed by atoms with E-state index in [1.165, 1.54) is 11.0 Å². The summed E-state index contributed by atoms with van der Waals surface area (Å²) in [6, 6.07) is 3.85. The Labute approximate surface area is 176 Å². The van der Waals surface area contributed by atoms with Crippen LogP contribution in [0.4, 0.5) is 35.3 Å². The molecule has 31 heavy (non-hydrogen) atoms. The van der Waals surface area contributed by atoms with Crippen LogP contribution >= 0.6 is 0 Å². The van der Waals surface area contributed by atoms with Gasteiger partial charge in [0.15, 0.2) is 5.82 Å². The Morgan fingerprint density at radius 1 is 1.26 bits per heavy atom. The number of nitrogens with one attached hydrogen (secondary N) is 2. The van der Waals surface area contributed by atoms with Gasteiger partial charge in [0.2, 0.25) is 0 Å². The summed E-state index contributed by atoms with van der Waals surface area (Å²) < 4.78 is 38.4. The van der Waals surface area contributed by atoms with Crippen LogP contribution in [0.5, 0.6) is 0 Å². The molecule has 8 nitrogen and oxygen atoms in total. The minimum Gasteiger partial charge on any atom is -0.366 e. The molecule has 2 aliphatic heterocycles. The van der Waals surface area contributed by atoms with E-state index in [4.69, 9.17) is 0 Å². The third kappa shape index (κ3) is 4.12. The zero-order chi connectivity index (χ0) is 22.3. The van der Waals surface area contributed by atoms with E-state index >= 15 is 0 Å². The predicted octanol–water partition coefficient (Wildman–Crippen LogP) is 3.10. The largest absolute Gasteiger partial charge is 0.408 e.